The summed E-state index contributed by atoms with van der Waals surface area (Å²) < 4.78 is 37.4. The second kappa shape index (κ2) is 43.2. The van der Waals surface area contributed by atoms with Gasteiger partial charge in [-0.15, -0.1) is 24.8 Å². The number of nitrogens with zero attached hydrogens (tertiary/aromatic N) is 5. The number of aliphatic hydroxyl groups is 2. The van der Waals surface area contributed by atoms with Gasteiger partial charge in [0.2, 0.25) is 0 Å². The third-order valence-electron chi connectivity index (χ3n) is 8.63. The van der Waals surface area contributed by atoms with Crippen molar-refractivity contribution in [2.75, 3.05) is 120 Å². The Morgan fingerprint density at radius 2 is 0.831 bits per heavy atom. The molecule has 0 aliphatic carbocycles. The molecule has 0 unspecified atom stereocenters. The molecule has 418 valence electrons. The topological polar surface area (TPSA) is 172 Å². The van der Waals surface area contributed by atoms with Crippen LogP contribution in [-0.4, -0.2) is 214 Å². The van der Waals surface area contributed by atoms with Gasteiger partial charge in [0.05, 0.1) is 77.1 Å². The molecule has 17 nitrogen and oxygen atoms in total. The van der Waals surface area contributed by atoms with Gasteiger partial charge in [0, 0.05) is 39.3 Å². The molecule has 4 aliphatic heterocycles. The summed E-state index contributed by atoms with van der Waals surface area (Å²) in [5.41, 5.74) is -1.40. The molecular formula is C52H99Cl2N5O12. The molecule has 0 aromatic carbocycles. The van der Waals surface area contributed by atoms with Crippen LogP contribution in [0, 0.1) is 35.5 Å². The fourth-order valence-corrected chi connectivity index (χ4v) is 5.92. The number of halogens is 2. The van der Waals surface area contributed by atoms with Crippen molar-refractivity contribution in [2.24, 2.45) is 0 Å². The Morgan fingerprint density at radius 1 is 0.535 bits per heavy atom. The first-order valence-electron chi connectivity index (χ1n) is 24.0. The first-order chi connectivity index (χ1) is 31.7. The van der Waals surface area contributed by atoms with Crippen LogP contribution >= 0.6 is 24.8 Å². The maximum atomic E-state index is 11.9. The second-order valence-corrected chi connectivity index (χ2v) is 19.8. The van der Waals surface area contributed by atoms with Gasteiger partial charge in [0.15, 0.2) is 0 Å². The summed E-state index contributed by atoms with van der Waals surface area (Å²) >= 11 is 0. The number of amides is 3. The molecule has 0 radical (unpaired) electrons. The van der Waals surface area contributed by atoms with Crippen LogP contribution in [0.2, 0.25) is 0 Å². The van der Waals surface area contributed by atoms with Crippen molar-refractivity contribution in [1.29, 1.82) is 0 Å². The Kier molecular flexibility index (Phi) is 46.6. The smallest absolute Gasteiger partial charge is 0.410 e. The van der Waals surface area contributed by atoms with E-state index in [0.29, 0.717) is 65.2 Å². The molecule has 0 spiro atoms. The van der Waals surface area contributed by atoms with Crippen molar-refractivity contribution in [2.45, 2.75) is 164 Å². The summed E-state index contributed by atoms with van der Waals surface area (Å²) in [5, 5.41) is 17.8. The van der Waals surface area contributed by atoms with Gasteiger partial charge in [-0.25, -0.2) is 14.4 Å². The van der Waals surface area contributed by atoms with Crippen molar-refractivity contribution in [3.05, 3.63) is 0 Å². The van der Waals surface area contributed by atoms with Crippen LogP contribution < -0.4 is 0 Å². The highest BCUT2D eigenvalue weighted by atomic mass is 35.5. The summed E-state index contributed by atoms with van der Waals surface area (Å²) in [6.45, 7) is 31.6. The van der Waals surface area contributed by atoms with Crippen LogP contribution in [0.15, 0.2) is 0 Å². The maximum Gasteiger partial charge on any atom is 0.410 e. The molecule has 4 aliphatic rings. The first-order valence-corrected chi connectivity index (χ1v) is 24.0. The molecule has 4 heterocycles. The molecule has 3 amide bonds. The average Bonchev–Trinajstić information content (AvgIpc) is 3.25. The SMILES string of the molecule is C.CC#CC#CC#CC.CC(C)(C)OC(=O)N1CCO[C@H](CO)C1.CC(C)(C)OC(=O)N1CCO[C@H](CO)C1.CCC.CN(C)C[C@@H]1CCCCO1.CN(C)C[C@@H]1CN(C(=O)OC(C)(C)C)CCO1.Cl.Cl. The van der Waals surface area contributed by atoms with E-state index in [9.17, 15) is 14.4 Å². The molecule has 4 fully saturated rings. The molecular weight excluding hydrogens is 958 g/mol. The molecule has 0 bridgehead atoms. The summed E-state index contributed by atoms with van der Waals surface area (Å²) in [5.74, 6) is 15.5. The van der Waals surface area contributed by atoms with Crippen molar-refractivity contribution < 1.29 is 57.8 Å². The molecule has 4 atom stereocenters. The third kappa shape index (κ3) is 45.1. The quantitative estimate of drug-likeness (QED) is 0.198. The molecule has 19 heteroatoms. The van der Waals surface area contributed by atoms with Gasteiger partial charge in [-0.1, -0.05) is 39.5 Å². The number of hydrogen-bond donors (Lipinski definition) is 2. The number of rotatable bonds is 6. The van der Waals surface area contributed by atoms with E-state index in [4.69, 9.17) is 43.4 Å². The lowest BCUT2D eigenvalue weighted by molar-refractivity contribution is -0.0594. The van der Waals surface area contributed by atoms with E-state index >= 15 is 0 Å². The number of hydrogen-bond acceptors (Lipinski definition) is 14. The number of aliphatic hydroxyl groups excluding tert-OH is 2. The minimum absolute atomic E-state index is 0. The Balaban J connectivity index is -0.000000254. The molecule has 0 aromatic rings. The van der Waals surface area contributed by atoms with E-state index < -0.39 is 16.8 Å². The minimum Gasteiger partial charge on any atom is -0.444 e. The van der Waals surface area contributed by atoms with Crippen LogP contribution in [0.1, 0.15) is 123 Å². The molecule has 0 saturated carbocycles. The van der Waals surface area contributed by atoms with Gasteiger partial charge in [-0.2, -0.15) is 0 Å². The maximum absolute atomic E-state index is 11.9. The number of likely N-dealkylation sites (N-methyl/N-ethyl adjacent to an activating group) is 2. The number of carbonyl (C=O) groups excluding carboxylic acids is 3. The summed E-state index contributed by atoms with van der Waals surface area (Å²) in [7, 11) is 8.18. The van der Waals surface area contributed by atoms with Crippen LogP contribution in [0.25, 0.3) is 0 Å². The Labute approximate surface area is 443 Å². The number of ether oxygens (including phenoxy) is 7. The molecule has 2 N–H and O–H groups in total. The van der Waals surface area contributed by atoms with Gasteiger partial charge in [-0.3, -0.25) is 0 Å². The van der Waals surface area contributed by atoms with Gasteiger partial charge < -0.3 is 67.9 Å². The zero-order chi connectivity index (χ0) is 52.3. The first kappa shape index (κ1) is 76.7. The summed E-state index contributed by atoms with van der Waals surface area (Å²) in [6, 6.07) is 0. The Hall–Kier alpha value is -3.25. The Bertz CT molecular complexity index is 1490. The zero-order valence-electron chi connectivity index (χ0n) is 46.1. The van der Waals surface area contributed by atoms with Crippen molar-refractivity contribution in [3.63, 3.8) is 0 Å². The normalized spacial score (nSPS) is 19.3. The highest BCUT2D eigenvalue weighted by Crippen LogP contribution is 2.16. The molecule has 71 heavy (non-hydrogen) atoms. The van der Waals surface area contributed by atoms with Crippen molar-refractivity contribution in [3.8, 4) is 35.5 Å². The fourth-order valence-electron chi connectivity index (χ4n) is 5.92. The zero-order valence-corrected chi connectivity index (χ0v) is 47.7. The van der Waals surface area contributed by atoms with Gasteiger partial charge >= 0.3 is 18.3 Å². The Morgan fingerprint density at radius 3 is 1.10 bits per heavy atom. The standard InChI is InChI=1S/C12H24N2O3.2C10H19NO4.C8H17NO.C8H6.C3H8.CH4.2ClH/c1-12(2,3)17-11(15)14-6-7-16-10(9-14)8-13(4)5;2*1-10(2,3)15-9(13)11-4-5-14-8(6-11)7-12;1-9(2)7-8-5-3-4-6-10-8;1-3-5-7-8-6-4-2;1-3-2;;;/h10H,6-9H2,1-5H3;2*8,12H,4-7H2,1-3H3;8H,3-7H2,1-2H3;1-2H3;3H2,1-2H3;1H4;2*1H/t10-;3*8-;;;;;/m1000...../s1. The number of carbonyl (C=O) groups is 3. The summed E-state index contributed by atoms with van der Waals surface area (Å²) in [4.78, 5) is 44.3. The lowest BCUT2D eigenvalue weighted by Gasteiger charge is -2.35. The highest BCUT2D eigenvalue weighted by molar-refractivity contribution is 5.85. The lowest BCUT2D eigenvalue weighted by atomic mass is 10.1. The average molecular weight is 1060 g/mol. The lowest BCUT2D eigenvalue weighted by Crippen LogP contribution is -2.50. The molecule has 4 saturated heterocycles. The van der Waals surface area contributed by atoms with E-state index in [1.54, 1.807) is 28.5 Å². The van der Waals surface area contributed by atoms with Crippen LogP contribution in [0.4, 0.5) is 14.4 Å². The van der Waals surface area contributed by atoms with Crippen LogP contribution in [0.3, 0.4) is 0 Å². The predicted octanol–water partition coefficient (Wildman–Crippen LogP) is 7.46. The van der Waals surface area contributed by atoms with E-state index in [-0.39, 0.29) is 82.0 Å². The van der Waals surface area contributed by atoms with Crippen LogP contribution in [-0.2, 0) is 33.2 Å². The van der Waals surface area contributed by atoms with Gasteiger partial charge in [-0.05, 0) is 147 Å². The minimum atomic E-state index is -0.482. The van der Waals surface area contributed by atoms with Gasteiger partial charge in [0.25, 0.3) is 0 Å². The summed E-state index contributed by atoms with van der Waals surface area (Å²) in [6.07, 6.45) is 4.17. The van der Waals surface area contributed by atoms with Gasteiger partial charge in [0.1, 0.15) is 16.8 Å². The largest absolute Gasteiger partial charge is 0.444 e. The fraction of sp³-hybridized carbons (Fsp3) is 0.827. The monoisotopic (exact) mass is 1060 g/mol. The molecule has 0 aromatic heterocycles. The van der Waals surface area contributed by atoms with E-state index in [0.717, 1.165) is 19.7 Å². The van der Waals surface area contributed by atoms with Crippen LogP contribution in [0.5, 0.6) is 0 Å². The van der Waals surface area contributed by atoms with Crippen molar-refractivity contribution >= 4 is 43.1 Å². The number of morpholine rings is 3. The van der Waals surface area contributed by atoms with E-state index in [1.807, 2.05) is 76.4 Å². The van der Waals surface area contributed by atoms with Crippen molar-refractivity contribution in [1.82, 2.24) is 24.5 Å². The molecule has 4 rings (SSSR count). The highest BCUT2D eigenvalue weighted by Gasteiger charge is 2.30. The van der Waals surface area contributed by atoms with E-state index in [1.165, 1.54) is 25.7 Å². The third-order valence-corrected chi connectivity index (χ3v) is 8.63. The predicted molar refractivity (Wildman–Crippen MR) is 289 cm³/mol. The second-order valence-electron chi connectivity index (χ2n) is 19.8. The van der Waals surface area contributed by atoms with E-state index in [2.05, 4.69) is 73.3 Å².